The summed E-state index contributed by atoms with van der Waals surface area (Å²) in [6.07, 6.45) is 0.234. The third kappa shape index (κ3) is 7.52. The van der Waals surface area contributed by atoms with Gasteiger partial charge in [-0.3, -0.25) is 0 Å². The molecule has 122 valence electrons. The van der Waals surface area contributed by atoms with Gasteiger partial charge in [0.2, 0.25) is 0 Å². The monoisotopic (exact) mass is 294 g/mol. The number of hydrogen-bond donors (Lipinski definition) is 0. The van der Waals surface area contributed by atoms with Crippen LogP contribution in [0, 0.1) is 0 Å². The molecule has 0 amide bonds. The molecule has 0 aliphatic rings. The molecule has 21 heavy (non-hydrogen) atoms. The van der Waals surface area contributed by atoms with Crippen LogP contribution >= 0.6 is 0 Å². The van der Waals surface area contributed by atoms with Crippen LogP contribution in [0.25, 0.3) is 0 Å². The molecule has 0 aliphatic heterocycles. The first-order valence-electron chi connectivity index (χ1n) is 8.22. The van der Waals surface area contributed by atoms with Crippen LogP contribution in [-0.2, 0) is 4.74 Å². The summed E-state index contributed by atoms with van der Waals surface area (Å²) < 4.78 is 10.8. The third-order valence-corrected chi connectivity index (χ3v) is 3.08. The second-order valence-electron chi connectivity index (χ2n) is 6.02. The van der Waals surface area contributed by atoms with Crippen LogP contribution < -0.4 is 4.74 Å². The lowest BCUT2D eigenvalue weighted by atomic mass is 9.94. The molecule has 1 rings (SSSR count). The Morgan fingerprint density at radius 2 is 1.24 bits per heavy atom. The summed E-state index contributed by atoms with van der Waals surface area (Å²) in [6.45, 7) is 18.7. The molecule has 0 heterocycles. The van der Waals surface area contributed by atoms with Gasteiger partial charge in [0.25, 0.3) is 0 Å². The molecule has 0 saturated carbocycles. The molecule has 0 aromatic heterocycles. The zero-order chi connectivity index (χ0) is 16.4. The van der Waals surface area contributed by atoms with Crippen molar-refractivity contribution in [3.8, 4) is 5.75 Å². The van der Waals surface area contributed by atoms with Gasteiger partial charge in [0, 0.05) is 13.2 Å². The van der Waals surface area contributed by atoms with E-state index in [1.165, 1.54) is 11.1 Å². The minimum Gasteiger partial charge on any atom is -0.490 e. The highest BCUT2D eigenvalue weighted by Gasteiger charge is 2.15. The van der Waals surface area contributed by atoms with Gasteiger partial charge in [-0.05, 0) is 50.7 Å². The van der Waals surface area contributed by atoms with E-state index in [9.17, 15) is 0 Å². The molecule has 0 N–H and O–H groups in total. The van der Waals surface area contributed by atoms with Crippen LogP contribution in [0.4, 0.5) is 0 Å². The van der Waals surface area contributed by atoms with Crippen molar-refractivity contribution in [2.45, 2.75) is 73.3 Å². The second-order valence-corrected chi connectivity index (χ2v) is 6.02. The van der Waals surface area contributed by atoms with E-state index in [-0.39, 0.29) is 6.10 Å². The van der Waals surface area contributed by atoms with Crippen molar-refractivity contribution in [2.24, 2.45) is 0 Å². The van der Waals surface area contributed by atoms with Gasteiger partial charge in [-0.1, -0.05) is 45.9 Å². The van der Waals surface area contributed by atoms with E-state index >= 15 is 0 Å². The summed E-state index contributed by atoms with van der Waals surface area (Å²) in [5, 5.41) is 0. The Morgan fingerprint density at radius 3 is 1.48 bits per heavy atom. The van der Waals surface area contributed by atoms with E-state index in [0.29, 0.717) is 11.8 Å². The number of hydrogen-bond acceptors (Lipinski definition) is 2. The molecule has 0 fully saturated rings. The minimum absolute atomic E-state index is 0.234. The molecule has 2 nitrogen and oxygen atoms in total. The van der Waals surface area contributed by atoms with Gasteiger partial charge in [-0.15, -0.1) is 0 Å². The highest BCUT2D eigenvalue weighted by Crippen LogP contribution is 2.34. The van der Waals surface area contributed by atoms with Crippen molar-refractivity contribution in [1.29, 1.82) is 0 Å². The summed E-state index contributed by atoms with van der Waals surface area (Å²) in [7, 11) is 0. The highest BCUT2D eigenvalue weighted by molar-refractivity contribution is 5.44. The average molecular weight is 294 g/mol. The van der Waals surface area contributed by atoms with Crippen molar-refractivity contribution < 1.29 is 9.47 Å². The fourth-order valence-corrected chi connectivity index (χ4v) is 2.06. The molecule has 0 aliphatic carbocycles. The normalized spacial score (nSPS) is 10.8. The van der Waals surface area contributed by atoms with Crippen LogP contribution in [0.15, 0.2) is 18.2 Å². The average Bonchev–Trinajstić information content (AvgIpc) is 2.39. The summed E-state index contributed by atoms with van der Waals surface area (Å²) in [5.74, 6) is 2.11. The van der Waals surface area contributed by atoms with Crippen molar-refractivity contribution in [3.63, 3.8) is 0 Å². The van der Waals surface area contributed by atoms with Gasteiger partial charge in [-0.25, -0.2) is 0 Å². The lowest BCUT2D eigenvalue weighted by Gasteiger charge is -2.21. The first-order valence-corrected chi connectivity index (χ1v) is 8.22. The molecular weight excluding hydrogens is 260 g/mol. The zero-order valence-electron chi connectivity index (χ0n) is 15.2. The minimum atomic E-state index is 0.234. The molecule has 0 unspecified atom stereocenters. The van der Waals surface area contributed by atoms with Crippen LogP contribution in [-0.4, -0.2) is 19.3 Å². The first kappa shape index (κ1) is 20.0. The summed E-state index contributed by atoms with van der Waals surface area (Å²) >= 11 is 0. The number of para-hydroxylation sites is 1. The fraction of sp³-hybridized carbons (Fsp3) is 0.684. The molecule has 1 aromatic rings. The molecule has 2 heteroatoms. The van der Waals surface area contributed by atoms with Gasteiger partial charge in [-0.2, -0.15) is 0 Å². The molecule has 0 spiro atoms. The largest absolute Gasteiger partial charge is 0.490 e. The number of benzene rings is 1. The Labute approximate surface area is 131 Å². The predicted molar refractivity (Wildman–Crippen MR) is 92.6 cm³/mol. The second kappa shape index (κ2) is 10.7. The standard InChI is InChI=1S/C15H24O.C4H10O/c1-10(2)13-8-7-9-14(11(3)4)15(13)16-12(5)6;1-3-5-4-2/h7-12H,1-6H3;3-4H2,1-2H3. The summed E-state index contributed by atoms with van der Waals surface area (Å²) in [4.78, 5) is 0. The van der Waals surface area contributed by atoms with Gasteiger partial charge in [0.1, 0.15) is 5.75 Å². The predicted octanol–water partition coefficient (Wildman–Crippen LogP) is 5.76. The summed E-state index contributed by atoms with van der Waals surface area (Å²) in [6, 6.07) is 6.49. The fourth-order valence-electron chi connectivity index (χ4n) is 2.06. The van der Waals surface area contributed by atoms with Crippen LogP contribution in [0.5, 0.6) is 5.75 Å². The Balaban J connectivity index is 0.000000690. The molecule has 0 radical (unpaired) electrons. The highest BCUT2D eigenvalue weighted by atomic mass is 16.5. The first-order chi connectivity index (χ1) is 9.84. The SMILES string of the molecule is CC(C)Oc1c(C(C)C)cccc1C(C)C.CCOCC. The van der Waals surface area contributed by atoms with Gasteiger partial charge < -0.3 is 9.47 Å². The van der Waals surface area contributed by atoms with E-state index in [2.05, 4.69) is 59.7 Å². The lowest BCUT2D eigenvalue weighted by Crippen LogP contribution is -2.10. The Kier molecular flexibility index (Phi) is 10.2. The quantitative estimate of drug-likeness (QED) is 0.663. The van der Waals surface area contributed by atoms with Crippen molar-refractivity contribution in [3.05, 3.63) is 29.3 Å². The molecule has 0 saturated heterocycles. The van der Waals surface area contributed by atoms with E-state index in [4.69, 9.17) is 9.47 Å². The van der Waals surface area contributed by atoms with Crippen molar-refractivity contribution in [2.75, 3.05) is 13.2 Å². The maximum Gasteiger partial charge on any atom is 0.126 e. The molecule has 0 bridgehead atoms. The van der Waals surface area contributed by atoms with E-state index in [1.807, 2.05) is 13.8 Å². The lowest BCUT2D eigenvalue weighted by molar-refractivity contribution is 0.162. The van der Waals surface area contributed by atoms with Crippen LogP contribution in [0.2, 0.25) is 0 Å². The number of rotatable bonds is 6. The van der Waals surface area contributed by atoms with Crippen molar-refractivity contribution >= 4 is 0 Å². The Hall–Kier alpha value is -1.02. The Morgan fingerprint density at radius 1 is 0.810 bits per heavy atom. The Bertz CT molecular complexity index is 353. The van der Waals surface area contributed by atoms with E-state index in [1.54, 1.807) is 0 Å². The van der Waals surface area contributed by atoms with Gasteiger partial charge >= 0.3 is 0 Å². The maximum atomic E-state index is 6.00. The molecular formula is C19H34O2. The number of ether oxygens (including phenoxy) is 2. The van der Waals surface area contributed by atoms with E-state index in [0.717, 1.165) is 19.0 Å². The maximum absolute atomic E-state index is 6.00. The van der Waals surface area contributed by atoms with Crippen molar-refractivity contribution in [1.82, 2.24) is 0 Å². The van der Waals surface area contributed by atoms with Gasteiger partial charge in [0.15, 0.2) is 0 Å². The third-order valence-electron chi connectivity index (χ3n) is 3.08. The molecule has 1 aromatic carbocycles. The van der Waals surface area contributed by atoms with Gasteiger partial charge in [0.05, 0.1) is 6.10 Å². The van der Waals surface area contributed by atoms with Crippen LogP contribution in [0.1, 0.15) is 78.4 Å². The van der Waals surface area contributed by atoms with E-state index < -0.39 is 0 Å². The molecule has 0 atom stereocenters. The zero-order valence-corrected chi connectivity index (χ0v) is 15.2. The topological polar surface area (TPSA) is 18.5 Å². The van der Waals surface area contributed by atoms with Crippen LogP contribution in [0.3, 0.4) is 0 Å². The smallest absolute Gasteiger partial charge is 0.126 e. The summed E-state index contributed by atoms with van der Waals surface area (Å²) in [5.41, 5.74) is 2.64.